The molecule has 1 heterocycles. The molecule has 1 aliphatic rings. The molecule has 0 bridgehead atoms. The summed E-state index contributed by atoms with van der Waals surface area (Å²) in [5.41, 5.74) is 0. The van der Waals surface area contributed by atoms with Crippen molar-refractivity contribution in [3.8, 4) is 5.75 Å². The molecular formula is C14H22N2O4S. The molecule has 1 fully saturated rings. The van der Waals surface area contributed by atoms with Crippen LogP contribution in [0, 0.1) is 0 Å². The first-order valence-corrected chi connectivity index (χ1v) is 8.63. The van der Waals surface area contributed by atoms with Crippen LogP contribution in [0.3, 0.4) is 0 Å². The first kappa shape index (κ1) is 16.2. The molecule has 0 amide bonds. The second-order valence-electron chi connectivity index (χ2n) is 5.07. The highest BCUT2D eigenvalue weighted by Gasteiger charge is 2.18. The molecule has 0 aliphatic carbocycles. The Hall–Kier alpha value is -1.15. The van der Waals surface area contributed by atoms with Crippen molar-refractivity contribution in [2.45, 2.75) is 24.3 Å². The molecule has 7 heteroatoms. The molecule has 0 spiro atoms. The molecule has 118 valence electrons. The van der Waals surface area contributed by atoms with Crippen LogP contribution in [0.25, 0.3) is 0 Å². The van der Waals surface area contributed by atoms with Crippen LogP contribution < -0.4 is 9.88 Å². The number of rotatable bonds is 6. The third-order valence-corrected chi connectivity index (χ3v) is 4.44. The molecule has 1 aromatic carbocycles. The highest BCUT2D eigenvalue weighted by Crippen LogP contribution is 2.15. The number of nitrogens with zero attached hydrogens (tertiary/aromatic N) is 1. The van der Waals surface area contributed by atoms with E-state index in [-0.39, 0.29) is 4.90 Å². The first-order valence-electron chi connectivity index (χ1n) is 7.08. The van der Waals surface area contributed by atoms with Crippen LogP contribution in [0.1, 0.15) is 13.3 Å². The van der Waals surface area contributed by atoms with Gasteiger partial charge in [-0.15, -0.1) is 0 Å². The highest BCUT2D eigenvalue weighted by molar-refractivity contribution is 7.89. The van der Waals surface area contributed by atoms with Gasteiger partial charge in [0.2, 0.25) is 10.0 Å². The van der Waals surface area contributed by atoms with E-state index in [0.29, 0.717) is 18.5 Å². The van der Waals surface area contributed by atoms with Gasteiger partial charge in [-0.25, -0.2) is 13.6 Å². The Bertz CT molecular complexity index is 545. The maximum atomic E-state index is 11.1. The summed E-state index contributed by atoms with van der Waals surface area (Å²) >= 11 is 0. The number of nitrogens with two attached hydrogens (primary N) is 1. The molecule has 1 atom stereocenters. The Balaban J connectivity index is 1.78. The number of benzene rings is 1. The van der Waals surface area contributed by atoms with Crippen molar-refractivity contribution in [1.29, 1.82) is 0 Å². The molecule has 2 N–H and O–H groups in total. The van der Waals surface area contributed by atoms with Crippen molar-refractivity contribution in [3.63, 3.8) is 0 Å². The molecule has 0 radical (unpaired) electrons. The number of morpholine rings is 1. The molecular weight excluding hydrogens is 292 g/mol. The summed E-state index contributed by atoms with van der Waals surface area (Å²) in [4.78, 5) is 2.41. The number of sulfonamides is 1. The smallest absolute Gasteiger partial charge is 0.238 e. The van der Waals surface area contributed by atoms with Crippen molar-refractivity contribution in [2.75, 3.05) is 32.8 Å². The average molecular weight is 314 g/mol. The van der Waals surface area contributed by atoms with Gasteiger partial charge < -0.3 is 9.47 Å². The number of hydrogen-bond donors (Lipinski definition) is 1. The molecule has 1 aromatic rings. The lowest BCUT2D eigenvalue weighted by Gasteiger charge is -2.32. The summed E-state index contributed by atoms with van der Waals surface area (Å²) in [6.07, 6.45) is 1.33. The first-order chi connectivity index (χ1) is 9.99. The number of primary sulfonamides is 1. The monoisotopic (exact) mass is 314 g/mol. The van der Waals surface area contributed by atoms with Crippen molar-refractivity contribution >= 4 is 10.0 Å². The van der Waals surface area contributed by atoms with Gasteiger partial charge in [-0.2, -0.15) is 0 Å². The van der Waals surface area contributed by atoms with E-state index in [1.165, 1.54) is 12.1 Å². The normalized spacial score (nSPS) is 20.4. The fraction of sp³-hybridized carbons (Fsp3) is 0.571. The molecule has 21 heavy (non-hydrogen) atoms. The highest BCUT2D eigenvalue weighted by atomic mass is 32.2. The van der Waals surface area contributed by atoms with Gasteiger partial charge in [0.15, 0.2) is 0 Å². The fourth-order valence-electron chi connectivity index (χ4n) is 2.25. The minimum absolute atomic E-state index is 0.0915. The van der Waals surface area contributed by atoms with Gasteiger partial charge >= 0.3 is 0 Å². The van der Waals surface area contributed by atoms with Gasteiger partial charge in [0.1, 0.15) is 12.4 Å². The minimum atomic E-state index is -3.64. The van der Waals surface area contributed by atoms with Gasteiger partial charge in [-0.3, -0.25) is 4.90 Å². The molecule has 1 aliphatic heterocycles. The van der Waals surface area contributed by atoms with Crippen LogP contribution in [0.15, 0.2) is 29.2 Å². The van der Waals surface area contributed by atoms with E-state index in [2.05, 4.69) is 11.8 Å². The standard InChI is InChI=1S/C14H22N2O4S/c1-2-12-11-16(7-9-19-12)8-10-20-13-3-5-14(6-4-13)21(15,17)18/h3-6,12H,2,7-11H2,1H3,(H2,15,17,18)/t12-/m1/s1. The minimum Gasteiger partial charge on any atom is -0.492 e. The van der Waals surface area contributed by atoms with Crippen molar-refractivity contribution in [2.24, 2.45) is 5.14 Å². The number of ether oxygens (including phenoxy) is 2. The summed E-state index contributed by atoms with van der Waals surface area (Å²) in [5.74, 6) is 0.641. The van der Waals surface area contributed by atoms with E-state index in [4.69, 9.17) is 14.6 Å². The quantitative estimate of drug-likeness (QED) is 0.841. The van der Waals surface area contributed by atoms with Crippen LogP contribution in [0.4, 0.5) is 0 Å². The van der Waals surface area contributed by atoms with Crippen LogP contribution in [0.2, 0.25) is 0 Å². The fourth-order valence-corrected chi connectivity index (χ4v) is 2.76. The number of hydrogen-bond acceptors (Lipinski definition) is 5. The lowest BCUT2D eigenvalue weighted by molar-refractivity contribution is -0.0324. The molecule has 0 aromatic heterocycles. The van der Waals surface area contributed by atoms with E-state index in [0.717, 1.165) is 32.7 Å². The lowest BCUT2D eigenvalue weighted by Crippen LogP contribution is -2.43. The molecule has 1 saturated heterocycles. The predicted molar refractivity (Wildman–Crippen MR) is 79.8 cm³/mol. The summed E-state index contributed by atoms with van der Waals surface area (Å²) in [6, 6.07) is 6.14. The SMILES string of the molecule is CC[C@@H]1CN(CCOc2ccc(S(N)(=O)=O)cc2)CCO1. The van der Waals surface area contributed by atoms with Crippen molar-refractivity contribution in [3.05, 3.63) is 24.3 Å². The lowest BCUT2D eigenvalue weighted by atomic mass is 10.2. The summed E-state index contributed by atoms with van der Waals surface area (Å²) in [7, 11) is -3.64. The van der Waals surface area contributed by atoms with Gasteiger partial charge in [0.25, 0.3) is 0 Å². The summed E-state index contributed by atoms with van der Waals surface area (Å²) in [5, 5.41) is 5.04. The van der Waals surface area contributed by atoms with Gasteiger partial charge in [-0.1, -0.05) is 6.92 Å². The van der Waals surface area contributed by atoms with Crippen LogP contribution in [0.5, 0.6) is 5.75 Å². The Kier molecular flexibility index (Phi) is 5.58. The van der Waals surface area contributed by atoms with E-state index in [1.807, 2.05) is 0 Å². The Morgan fingerprint density at radius 3 is 2.71 bits per heavy atom. The zero-order valence-corrected chi connectivity index (χ0v) is 13.0. The molecule has 0 unspecified atom stereocenters. The third-order valence-electron chi connectivity index (χ3n) is 3.51. The van der Waals surface area contributed by atoms with Gasteiger partial charge in [0, 0.05) is 19.6 Å². The average Bonchev–Trinajstić information content (AvgIpc) is 2.47. The summed E-state index contributed by atoms with van der Waals surface area (Å²) < 4.78 is 33.5. The van der Waals surface area contributed by atoms with Gasteiger partial charge in [-0.05, 0) is 30.7 Å². The third kappa shape index (κ3) is 4.96. The maximum absolute atomic E-state index is 11.1. The van der Waals surface area contributed by atoms with E-state index >= 15 is 0 Å². The zero-order chi connectivity index (χ0) is 15.3. The molecule has 6 nitrogen and oxygen atoms in total. The van der Waals surface area contributed by atoms with Crippen LogP contribution in [-0.2, 0) is 14.8 Å². The van der Waals surface area contributed by atoms with Crippen molar-refractivity contribution < 1.29 is 17.9 Å². The van der Waals surface area contributed by atoms with Gasteiger partial charge in [0.05, 0.1) is 17.6 Å². The topological polar surface area (TPSA) is 81.9 Å². The van der Waals surface area contributed by atoms with Crippen molar-refractivity contribution in [1.82, 2.24) is 4.90 Å². The van der Waals surface area contributed by atoms with Crippen LogP contribution >= 0.6 is 0 Å². The Labute approximate surface area is 125 Å². The Morgan fingerprint density at radius 2 is 2.10 bits per heavy atom. The van der Waals surface area contributed by atoms with Crippen LogP contribution in [-0.4, -0.2) is 52.3 Å². The second-order valence-corrected chi connectivity index (χ2v) is 6.63. The van der Waals surface area contributed by atoms with E-state index < -0.39 is 10.0 Å². The zero-order valence-electron chi connectivity index (χ0n) is 12.2. The largest absolute Gasteiger partial charge is 0.492 e. The second kappa shape index (κ2) is 7.22. The van der Waals surface area contributed by atoms with E-state index in [9.17, 15) is 8.42 Å². The van der Waals surface area contributed by atoms with E-state index in [1.54, 1.807) is 12.1 Å². The Morgan fingerprint density at radius 1 is 1.38 bits per heavy atom. The predicted octanol–water partition coefficient (Wildman–Crippen LogP) is 0.824. The molecule has 0 saturated carbocycles. The summed E-state index contributed by atoms with van der Waals surface area (Å²) in [6.45, 7) is 6.13. The maximum Gasteiger partial charge on any atom is 0.238 e. The molecule has 2 rings (SSSR count).